The Morgan fingerprint density at radius 2 is 2.29 bits per heavy atom. The predicted octanol–water partition coefficient (Wildman–Crippen LogP) is 1.75. The standard InChI is InChI=1S/C11H17N3O3/c1-3-17-10-6-4-5-9(11(10)14(15)16)13-8(2)7-12/h4-6,8,13H,3,7,12H2,1-2H3. The number of hydrogen-bond acceptors (Lipinski definition) is 5. The third-order valence-electron chi connectivity index (χ3n) is 2.24. The molecule has 6 nitrogen and oxygen atoms in total. The average molecular weight is 239 g/mol. The Bertz CT molecular complexity index is 396. The van der Waals surface area contributed by atoms with Gasteiger partial charge in [-0.3, -0.25) is 10.1 Å². The highest BCUT2D eigenvalue weighted by Crippen LogP contribution is 2.34. The summed E-state index contributed by atoms with van der Waals surface area (Å²) in [6.45, 7) is 4.43. The van der Waals surface area contributed by atoms with Crippen LogP contribution in [0.25, 0.3) is 0 Å². The Labute approximate surface area is 99.9 Å². The third kappa shape index (κ3) is 3.32. The second-order valence-electron chi connectivity index (χ2n) is 3.62. The first kappa shape index (κ1) is 13.2. The molecule has 0 saturated heterocycles. The maximum absolute atomic E-state index is 11.0. The van der Waals surface area contributed by atoms with Gasteiger partial charge in [-0.05, 0) is 26.0 Å². The van der Waals surface area contributed by atoms with Gasteiger partial charge in [0, 0.05) is 12.6 Å². The van der Waals surface area contributed by atoms with Crippen molar-refractivity contribution in [2.45, 2.75) is 19.9 Å². The molecule has 94 valence electrons. The van der Waals surface area contributed by atoms with Crippen LogP contribution >= 0.6 is 0 Å². The van der Waals surface area contributed by atoms with E-state index in [1.807, 2.05) is 6.92 Å². The van der Waals surface area contributed by atoms with Gasteiger partial charge in [-0.15, -0.1) is 0 Å². The number of ether oxygens (including phenoxy) is 1. The van der Waals surface area contributed by atoms with Gasteiger partial charge in [0.2, 0.25) is 0 Å². The number of para-hydroxylation sites is 1. The zero-order valence-corrected chi connectivity index (χ0v) is 9.97. The second-order valence-corrected chi connectivity index (χ2v) is 3.62. The quantitative estimate of drug-likeness (QED) is 0.583. The molecule has 0 aliphatic carbocycles. The Balaban J connectivity index is 3.10. The molecule has 0 bridgehead atoms. The molecule has 0 aromatic heterocycles. The van der Waals surface area contributed by atoms with Gasteiger partial charge in [0.15, 0.2) is 5.75 Å². The number of rotatable bonds is 6. The molecule has 17 heavy (non-hydrogen) atoms. The van der Waals surface area contributed by atoms with Gasteiger partial charge >= 0.3 is 5.69 Å². The molecule has 3 N–H and O–H groups in total. The molecular weight excluding hydrogens is 222 g/mol. The van der Waals surface area contributed by atoms with E-state index in [1.54, 1.807) is 25.1 Å². The minimum absolute atomic E-state index is 0.0365. The largest absolute Gasteiger partial charge is 0.487 e. The topological polar surface area (TPSA) is 90.4 Å². The molecule has 1 aromatic rings. The number of benzene rings is 1. The van der Waals surface area contributed by atoms with Gasteiger partial charge in [-0.25, -0.2) is 0 Å². The number of nitrogens with one attached hydrogen (secondary N) is 1. The van der Waals surface area contributed by atoms with E-state index in [0.717, 1.165) is 0 Å². The molecule has 0 aliphatic rings. The SMILES string of the molecule is CCOc1cccc(NC(C)CN)c1[N+](=O)[O-]. The normalized spacial score (nSPS) is 11.9. The lowest BCUT2D eigenvalue weighted by Gasteiger charge is -2.14. The van der Waals surface area contributed by atoms with Crippen LogP contribution < -0.4 is 15.8 Å². The fourth-order valence-corrected chi connectivity index (χ4v) is 1.42. The van der Waals surface area contributed by atoms with Crippen molar-refractivity contribution in [1.29, 1.82) is 0 Å². The van der Waals surface area contributed by atoms with Crippen molar-refractivity contribution in [2.24, 2.45) is 5.73 Å². The van der Waals surface area contributed by atoms with Crippen molar-refractivity contribution in [2.75, 3.05) is 18.5 Å². The van der Waals surface area contributed by atoms with Crippen LogP contribution in [-0.2, 0) is 0 Å². The number of anilines is 1. The lowest BCUT2D eigenvalue weighted by molar-refractivity contribution is -0.385. The molecule has 1 atom stereocenters. The molecule has 1 rings (SSSR count). The molecule has 0 spiro atoms. The maximum Gasteiger partial charge on any atom is 0.333 e. The zero-order chi connectivity index (χ0) is 12.8. The summed E-state index contributed by atoms with van der Waals surface area (Å²) in [5.41, 5.74) is 5.86. The summed E-state index contributed by atoms with van der Waals surface area (Å²) in [5.74, 6) is 0.270. The Morgan fingerprint density at radius 1 is 1.59 bits per heavy atom. The van der Waals surface area contributed by atoms with Gasteiger partial charge in [0.1, 0.15) is 5.69 Å². The smallest absolute Gasteiger partial charge is 0.333 e. The first-order valence-electron chi connectivity index (χ1n) is 5.47. The summed E-state index contributed by atoms with van der Waals surface area (Å²) in [7, 11) is 0. The maximum atomic E-state index is 11.0. The molecule has 0 saturated carbocycles. The third-order valence-corrected chi connectivity index (χ3v) is 2.24. The summed E-state index contributed by atoms with van der Waals surface area (Å²) in [4.78, 5) is 10.6. The molecule has 6 heteroatoms. The lowest BCUT2D eigenvalue weighted by Crippen LogP contribution is -2.25. The first-order valence-corrected chi connectivity index (χ1v) is 5.47. The van der Waals surface area contributed by atoms with E-state index in [9.17, 15) is 10.1 Å². The van der Waals surface area contributed by atoms with Crippen LogP contribution in [0, 0.1) is 10.1 Å². The van der Waals surface area contributed by atoms with E-state index in [4.69, 9.17) is 10.5 Å². The minimum Gasteiger partial charge on any atom is -0.487 e. The number of nitrogens with two attached hydrogens (primary N) is 1. The van der Waals surface area contributed by atoms with Crippen LogP contribution in [0.1, 0.15) is 13.8 Å². The molecule has 0 radical (unpaired) electrons. The first-order chi connectivity index (χ1) is 8.10. The Kier molecular flexibility index (Phi) is 4.71. The summed E-state index contributed by atoms with van der Waals surface area (Å²) in [5, 5.41) is 14.0. The van der Waals surface area contributed by atoms with Gasteiger partial charge in [0.05, 0.1) is 11.5 Å². The van der Waals surface area contributed by atoms with E-state index in [0.29, 0.717) is 18.8 Å². The van der Waals surface area contributed by atoms with E-state index in [-0.39, 0.29) is 17.5 Å². The van der Waals surface area contributed by atoms with Crippen LogP contribution in [0.3, 0.4) is 0 Å². The molecular formula is C11H17N3O3. The predicted molar refractivity (Wildman–Crippen MR) is 66.4 cm³/mol. The van der Waals surface area contributed by atoms with E-state index in [2.05, 4.69) is 5.32 Å². The minimum atomic E-state index is -0.448. The highest BCUT2D eigenvalue weighted by Gasteiger charge is 2.21. The highest BCUT2D eigenvalue weighted by molar-refractivity contribution is 5.68. The number of nitro groups is 1. The van der Waals surface area contributed by atoms with Crippen molar-refractivity contribution in [3.8, 4) is 5.75 Å². The average Bonchev–Trinajstić information content (AvgIpc) is 2.29. The van der Waals surface area contributed by atoms with Crippen molar-refractivity contribution >= 4 is 11.4 Å². The van der Waals surface area contributed by atoms with Crippen LogP contribution in [-0.4, -0.2) is 24.1 Å². The van der Waals surface area contributed by atoms with Gasteiger partial charge in [0.25, 0.3) is 0 Å². The van der Waals surface area contributed by atoms with E-state index >= 15 is 0 Å². The summed E-state index contributed by atoms with van der Waals surface area (Å²) in [6, 6.07) is 4.90. The fourth-order valence-electron chi connectivity index (χ4n) is 1.42. The van der Waals surface area contributed by atoms with Crippen LogP contribution in [0.2, 0.25) is 0 Å². The van der Waals surface area contributed by atoms with Crippen LogP contribution in [0.15, 0.2) is 18.2 Å². The molecule has 0 aliphatic heterocycles. The van der Waals surface area contributed by atoms with Crippen molar-refractivity contribution in [1.82, 2.24) is 0 Å². The molecule has 0 fully saturated rings. The number of nitrogens with zero attached hydrogens (tertiary/aromatic N) is 1. The molecule has 1 aromatic carbocycles. The van der Waals surface area contributed by atoms with Crippen LogP contribution in [0.5, 0.6) is 5.75 Å². The van der Waals surface area contributed by atoms with Gasteiger partial charge in [-0.1, -0.05) is 6.07 Å². The summed E-state index contributed by atoms with van der Waals surface area (Å²) >= 11 is 0. The molecule has 0 amide bonds. The fraction of sp³-hybridized carbons (Fsp3) is 0.455. The zero-order valence-electron chi connectivity index (χ0n) is 9.97. The van der Waals surface area contributed by atoms with Crippen molar-refractivity contribution in [3.63, 3.8) is 0 Å². The van der Waals surface area contributed by atoms with Gasteiger partial charge < -0.3 is 15.8 Å². The second kappa shape index (κ2) is 6.05. The van der Waals surface area contributed by atoms with Crippen molar-refractivity contribution < 1.29 is 9.66 Å². The summed E-state index contributed by atoms with van der Waals surface area (Å²) in [6.07, 6.45) is 0. The van der Waals surface area contributed by atoms with E-state index < -0.39 is 4.92 Å². The number of hydrogen-bond donors (Lipinski definition) is 2. The summed E-state index contributed by atoms with van der Waals surface area (Å²) < 4.78 is 5.24. The monoisotopic (exact) mass is 239 g/mol. The highest BCUT2D eigenvalue weighted by atomic mass is 16.6. The van der Waals surface area contributed by atoms with Gasteiger partial charge in [-0.2, -0.15) is 0 Å². The number of nitro benzene ring substituents is 1. The Hall–Kier alpha value is -1.82. The molecule has 0 heterocycles. The molecule has 1 unspecified atom stereocenters. The van der Waals surface area contributed by atoms with Crippen LogP contribution in [0.4, 0.5) is 11.4 Å². The van der Waals surface area contributed by atoms with Crippen molar-refractivity contribution in [3.05, 3.63) is 28.3 Å². The Morgan fingerprint density at radius 3 is 2.82 bits per heavy atom. The lowest BCUT2D eigenvalue weighted by atomic mass is 10.2. The van der Waals surface area contributed by atoms with E-state index in [1.165, 1.54) is 0 Å².